The predicted octanol–water partition coefficient (Wildman–Crippen LogP) is 1.39. The van der Waals surface area contributed by atoms with E-state index in [9.17, 15) is 4.79 Å². The largest absolute Gasteiger partial charge is 0.345 e. The SMILES string of the molecule is C=CC(=O)NC(Cc1ncn[nH]1)c1ccccc1. The van der Waals surface area contributed by atoms with Gasteiger partial charge in [0.1, 0.15) is 12.2 Å². The number of rotatable bonds is 5. The van der Waals surface area contributed by atoms with E-state index in [1.165, 1.54) is 12.4 Å². The first-order chi connectivity index (χ1) is 8.79. The van der Waals surface area contributed by atoms with E-state index in [1.807, 2.05) is 30.3 Å². The first-order valence-electron chi connectivity index (χ1n) is 5.61. The number of amides is 1. The van der Waals surface area contributed by atoms with E-state index in [-0.39, 0.29) is 11.9 Å². The van der Waals surface area contributed by atoms with Gasteiger partial charge in [-0.05, 0) is 11.6 Å². The van der Waals surface area contributed by atoms with Crippen molar-refractivity contribution in [3.05, 3.63) is 60.7 Å². The van der Waals surface area contributed by atoms with Crippen LogP contribution in [0, 0.1) is 0 Å². The second kappa shape index (κ2) is 5.77. The van der Waals surface area contributed by atoms with Crippen LogP contribution in [0.4, 0.5) is 0 Å². The van der Waals surface area contributed by atoms with Gasteiger partial charge in [0.15, 0.2) is 0 Å². The van der Waals surface area contributed by atoms with Crippen LogP contribution in [-0.4, -0.2) is 21.1 Å². The number of benzene rings is 1. The molecular weight excluding hydrogens is 228 g/mol. The van der Waals surface area contributed by atoms with Gasteiger partial charge in [-0.1, -0.05) is 36.9 Å². The van der Waals surface area contributed by atoms with Gasteiger partial charge in [0, 0.05) is 6.42 Å². The minimum absolute atomic E-state index is 0.148. The maximum Gasteiger partial charge on any atom is 0.243 e. The fourth-order valence-electron chi connectivity index (χ4n) is 1.69. The summed E-state index contributed by atoms with van der Waals surface area (Å²) in [6, 6.07) is 9.58. The molecular formula is C13H14N4O. The Hall–Kier alpha value is -2.43. The molecule has 1 aromatic heterocycles. The van der Waals surface area contributed by atoms with Crippen molar-refractivity contribution in [2.45, 2.75) is 12.5 Å². The Balaban J connectivity index is 2.17. The first kappa shape index (κ1) is 12.0. The molecule has 92 valence electrons. The zero-order valence-electron chi connectivity index (χ0n) is 9.84. The van der Waals surface area contributed by atoms with Gasteiger partial charge < -0.3 is 5.32 Å². The van der Waals surface area contributed by atoms with E-state index < -0.39 is 0 Å². The lowest BCUT2D eigenvalue weighted by Crippen LogP contribution is -2.28. The van der Waals surface area contributed by atoms with Crippen LogP contribution < -0.4 is 5.32 Å². The van der Waals surface area contributed by atoms with E-state index in [2.05, 4.69) is 27.1 Å². The molecule has 0 radical (unpaired) electrons. The lowest BCUT2D eigenvalue weighted by Gasteiger charge is -2.17. The molecule has 0 saturated heterocycles. The normalized spacial score (nSPS) is 11.8. The maximum absolute atomic E-state index is 11.4. The van der Waals surface area contributed by atoms with Gasteiger partial charge >= 0.3 is 0 Å². The molecule has 1 unspecified atom stereocenters. The Kier molecular flexibility index (Phi) is 3.86. The summed E-state index contributed by atoms with van der Waals surface area (Å²) in [4.78, 5) is 15.5. The molecule has 0 spiro atoms. The number of aromatic nitrogens is 3. The average Bonchev–Trinajstić information content (AvgIpc) is 2.92. The summed E-state index contributed by atoms with van der Waals surface area (Å²) < 4.78 is 0. The van der Waals surface area contributed by atoms with Crippen LogP contribution in [-0.2, 0) is 11.2 Å². The third kappa shape index (κ3) is 3.04. The quantitative estimate of drug-likeness (QED) is 0.778. The molecule has 2 rings (SSSR count). The highest BCUT2D eigenvalue weighted by Gasteiger charge is 2.15. The number of nitrogens with zero attached hydrogens (tertiary/aromatic N) is 2. The van der Waals surface area contributed by atoms with Crippen molar-refractivity contribution < 1.29 is 4.79 Å². The molecule has 2 aromatic rings. The molecule has 0 aliphatic rings. The Bertz CT molecular complexity index is 507. The standard InChI is InChI=1S/C13H14N4O/c1-2-13(18)16-11(8-12-14-9-15-17-12)10-6-4-3-5-7-10/h2-7,9,11H,1,8H2,(H,16,18)(H,14,15,17). The van der Waals surface area contributed by atoms with Crippen LogP contribution in [0.3, 0.4) is 0 Å². The lowest BCUT2D eigenvalue weighted by atomic mass is 10.0. The highest BCUT2D eigenvalue weighted by Crippen LogP contribution is 2.16. The van der Waals surface area contributed by atoms with Gasteiger partial charge in [-0.3, -0.25) is 9.89 Å². The van der Waals surface area contributed by atoms with Gasteiger partial charge in [0.05, 0.1) is 6.04 Å². The molecule has 0 aliphatic carbocycles. The topological polar surface area (TPSA) is 70.7 Å². The van der Waals surface area contributed by atoms with Crippen molar-refractivity contribution >= 4 is 5.91 Å². The second-order valence-corrected chi connectivity index (χ2v) is 3.81. The zero-order chi connectivity index (χ0) is 12.8. The van der Waals surface area contributed by atoms with Gasteiger partial charge in [-0.15, -0.1) is 0 Å². The molecule has 1 heterocycles. The van der Waals surface area contributed by atoms with Crippen LogP contribution in [0.1, 0.15) is 17.4 Å². The Morgan fingerprint density at radius 1 is 1.44 bits per heavy atom. The Morgan fingerprint density at radius 3 is 2.83 bits per heavy atom. The highest BCUT2D eigenvalue weighted by molar-refractivity contribution is 5.87. The molecule has 0 aliphatic heterocycles. The summed E-state index contributed by atoms with van der Waals surface area (Å²) in [5.74, 6) is 0.525. The zero-order valence-corrected chi connectivity index (χ0v) is 9.84. The molecule has 2 N–H and O–H groups in total. The maximum atomic E-state index is 11.4. The van der Waals surface area contributed by atoms with Gasteiger partial charge in [-0.2, -0.15) is 5.10 Å². The number of hydrogen-bond acceptors (Lipinski definition) is 3. The Labute approximate surface area is 105 Å². The molecule has 1 amide bonds. The molecule has 1 atom stereocenters. The number of H-pyrrole nitrogens is 1. The molecule has 5 nitrogen and oxygen atoms in total. The third-order valence-electron chi connectivity index (χ3n) is 2.57. The van der Waals surface area contributed by atoms with Crippen molar-refractivity contribution in [3.63, 3.8) is 0 Å². The summed E-state index contributed by atoms with van der Waals surface area (Å²) in [6.07, 6.45) is 3.27. The summed E-state index contributed by atoms with van der Waals surface area (Å²) in [5.41, 5.74) is 1.02. The fourth-order valence-corrected chi connectivity index (χ4v) is 1.69. The predicted molar refractivity (Wildman–Crippen MR) is 67.6 cm³/mol. The van der Waals surface area contributed by atoms with Crippen molar-refractivity contribution in [2.75, 3.05) is 0 Å². The van der Waals surface area contributed by atoms with Gasteiger partial charge in [-0.25, -0.2) is 4.98 Å². The molecule has 18 heavy (non-hydrogen) atoms. The first-order valence-corrected chi connectivity index (χ1v) is 5.61. The summed E-state index contributed by atoms with van der Waals surface area (Å²) in [5, 5.41) is 9.47. The van der Waals surface area contributed by atoms with Crippen LogP contribution in [0.15, 0.2) is 49.3 Å². The molecule has 0 bridgehead atoms. The van der Waals surface area contributed by atoms with Crippen molar-refractivity contribution in [2.24, 2.45) is 0 Å². The summed E-state index contributed by atoms with van der Waals surface area (Å²) in [7, 11) is 0. The summed E-state index contributed by atoms with van der Waals surface area (Å²) >= 11 is 0. The van der Waals surface area contributed by atoms with E-state index in [0.717, 1.165) is 11.4 Å². The van der Waals surface area contributed by atoms with E-state index in [1.54, 1.807) is 0 Å². The monoisotopic (exact) mass is 242 g/mol. The lowest BCUT2D eigenvalue weighted by molar-refractivity contribution is -0.117. The van der Waals surface area contributed by atoms with Gasteiger partial charge in [0.25, 0.3) is 0 Å². The third-order valence-corrected chi connectivity index (χ3v) is 2.57. The van der Waals surface area contributed by atoms with Crippen molar-refractivity contribution in [3.8, 4) is 0 Å². The number of carbonyl (C=O) groups excluding carboxylic acids is 1. The minimum Gasteiger partial charge on any atom is -0.345 e. The minimum atomic E-state index is -0.205. The van der Waals surface area contributed by atoms with E-state index in [4.69, 9.17) is 0 Å². The fraction of sp³-hybridized carbons (Fsp3) is 0.154. The highest BCUT2D eigenvalue weighted by atomic mass is 16.1. The smallest absolute Gasteiger partial charge is 0.243 e. The van der Waals surface area contributed by atoms with Gasteiger partial charge in [0.2, 0.25) is 5.91 Å². The number of hydrogen-bond donors (Lipinski definition) is 2. The van der Waals surface area contributed by atoms with Crippen LogP contribution >= 0.6 is 0 Å². The van der Waals surface area contributed by atoms with Crippen molar-refractivity contribution in [1.29, 1.82) is 0 Å². The van der Waals surface area contributed by atoms with E-state index in [0.29, 0.717) is 6.42 Å². The average molecular weight is 242 g/mol. The number of aromatic amines is 1. The second-order valence-electron chi connectivity index (χ2n) is 3.81. The molecule has 0 fully saturated rings. The van der Waals surface area contributed by atoms with Crippen molar-refractivity contribution in [1.82, 2.24) is 20.5 Å². The van der Waals surface area contributed by atoms with Crippen LogP contribution in [0.2, 0.25) is 0 Å². The van der Waals surface area contributed by atoms with Crippen LogP contribution in [0.25, 0.3) is 0 Å². The molecule has 5 heteroatoms. The van der Waals surface area contributed by atoms with Crippen LogP contribution in [0.5, 0.6) is 0 Å². The molecule has 1 aromatic carbocycles. The molecule has 0 saturated carbocycles. The Morgan fingerprint density at radius 2 is 2.22 bits per heavy atom. The number of nitrogens with one attached hydrogen (secondary N) is 2. The van der Waals surface area contributed by atoms with E-state index >= 15 is 0 Å². The summed E-state index contributed by atoms with van der Waals surface area (Å²) in [6.45, 7) is 3.46. The number of carbonyl (C=O) groups is 1.